The van der Waals surface area contributed by atoms with E-state index >= 15 is 0 Å². The number of likely N-dealkylation sites (tertiary alicyclic amines) is 1. The Morgan fingerprint density at radius 1 is 0.795 bits per heavy atom. The normalized spacial score (nSPS) is 17.0. The molecule has 1 aliphatic rings. The topological polar surface area (TPSA) is 299 Å². The summed E-state index contributed by atoms with van der Waals surface area (Å²) >= 11 is 1.48. The van der Waals surface area contributed by atoms with Crippen molar-refractivity contribution >= 4 is 64.6 Å². The van der Waals surface area contributed by atoms with Crippen molar-refractivity contribution in [1.29, 1.82) is 0 Å². The molecule has 2 aromatic carbocycles. The summed E-state index contributed by atoms with van der Waals surface area (Å²) in [6, 6.07) is 10.5. The molecule has 0 aliphatic carbocycles. The summed E-state index contributed by atoms with van der Waals surface area (Å²) in [4.78, 5) is 118. The molecule has 3 aromatic rings. The molecule has 1 aromatic heterocycles. The number of hydrogen-bond donors (Lipinski definition) is 7. The third-order valence-electron chi connectivity index (χ3n) is 15.6. The van der Waals surface area contributed by atoms with Gasteiger partial charge >= 0.3 is 12.1 Å². The second-order valence-electron chi connectivity index (χ2n) is 22.7. The van der Waals surface area contributed by atoms with Gasteiger partial charge in [0.05, 0.1) is 48.7 Å². The third-order valence-corrected chi connectivity index (χ3v) is 16.5. The van der Waals surface area contributed by atoms with E-state index in [-0.39, 0.29) is 55.7 Å². The third kappa shape index (κ3) is 20.0. The number of nitrogens with one attached hydrogen (secondary N) is 5. The smallest absolute Gasteiger partial charge is 0.410 e. The van der Waals surface area contributed by atoms with Gasteiger partial charge < -0.3 is 62.1 Å². The van der Waals surface area contributed by atoms with Gasteiger partial charge in [0.25, 0.3) is 0 Å². The highest BCUT2D eigenvalue weighted by Crippen LogP contribution is 2.31. The first kappa shape index (κ1) is 68.8. The Bertz CT molecular complexity index is 2560. The molecule has 460 valence electrons. The van der Waals surface area contributed by atoms with Gasteiger partial charge in [-0.25, -0.2) is 14.6 Å². The van der Waals surface area contributed by atoms with Crippen LogP contribution in [0.5, 0.6) is 0 Å². The van der Waals surface area contributed by atoms with E-state index in [1.54, 1.807) is 82.1 Å². The molecule has 2 heterocycles. The minimum Gasteiger partial charge on any atom is -0.445 e. The van der Waals surface area contributed by atoms with E-state index in [4.69, 9.17) is 25.7 Å². The highest BCUT2D eigenvalue weighted by molar-refractivity contribution is 7.09. The number of rotatable bonds is 32. The number of hydrogen-bond acceptors (Lipinski definition) is 14. The summed E-state index contributed by atoms with van der Waals surface area (Å²) in [7, 11) is 6.20. The van der Waals surface area contributed by atoms with Gasteiger partial charge in [-0.1, -0.05) is 111 Å². The number of ether oxygens (including phenoxy) is 3. The standard InChI is InChI=1S/C60H93N11O11S/c1-14-38(8)51(46(80-12)33-47(72)71-30-19-23-45(71)52(81-13)39(9)53(73)67-44(57-63-29-31-83-57)32-40-20-16-15-17-21-40)69(10)58(77)49(36(4)5)68-56(76)50(37(6)7)70(11)60(79)82-34-41-24-26-42(27-25-41)65-54(74)43(22-18-28-64-59(62)78)66-55(75)48(61)35(2)3/h15-17,20-21,24-27,29,31,35-39,43-46,48-52H,14,18-19,22-23,28,30,32-34,61H2,1-13H3,(H,65,74)(H,66,75)(H,67,73)(H,68,76)(H3,62,64,78)/t38-,39?,43-,44-,45-,46?,48-,49-,50-,51-,52+/m0/s1. The fourth-order valence-corrected chi connectivity index (χ4v) is 11.3. The first-order chi connectivity index (χ1) is 39.3. The highest BCUT2D eigenvalue weighted by atomic mass is 32.1. The summed E-state index contributed by atoms with van der Waals surface area (Å²) in [5.41, 5.74) is 13.2. The molecule has 11 atom stereocenters. The number of carbonyl (C=O) groups excluding carboxylic acids is 8. The summed E-state index contributed by atoms with van der Waals surface area (Å²) in [6.45, 7) is 17.1. The Kier molecular flexibility index (Phi) is 27.8. The summed E-state index contributed by atoms with van der Waals surface area (Å²) in [5, 5.41) is 16.8. The van der Waals surface area contributed by atoms with Crippen LogP contribution in [0.2, 0.25) is 0 Å². The molecule has 2 unspecified atom stereocenters. The van der Waals surface area contributed by atoms with Gasteiger partial charge in [0.1, 0.15) is 29.7 Å². The van der Waals surface area contributed by atoms with Crippen molar-refractivity contribution in [3.8, 4) is 0 Å². The maximum atomic E-state index is 14.8. The van der Waals surface area contributed by atoms with Crippen LogP contribution in [-0.2, 0) is 56.0 Å². The minimum absolute atomic E-state index is 0.0580. The van der Waals surface area contributed by atoms with Crippen molar-refractivity contribution < 1.29 is 52.6 Å². The monoisotopic (exact) mass is 1180 g/mol. The molecule has 9 N–H and O–H groups in total. The van der Waals surface area contributed by atoms with Crippen molar-refractivity contribution in [2.75, 3.05) is 46.7 Å². The highest BCUT2D eigenvalue weighted by Gasteiger charge is 2.44. The number of nitrogens with two attached hydrogens (primary N) is 2. The molecule has 83 heavy (non-hydrogen) atoms. The van der Waals surface area contributed by atoms with E-state index in [1.807, 2.05) is 70.3 Å². The van der Waals surface area contributed by atoms with Crippen LogP contribution in [-0.4, -0.2) is 157 Å². The zero-order valence-corrected chi connectivity index (χ0v) is 51.7. The maximum absolute atomic E-state index is 14.8. The molecule has 0 radical (unpaired) electrons. The zero-order valence-electron chi connectivity index (χ0n) is 50.8. The summed E-state index contributed by atoms with van der Waals surface area (Å²) in [5.74, 6) is -4.10. The fraction of sp³-hybridized carbons (Fsp3) is 0.617. The Hall–Kier alpha value is -6.69. The van der Waals surface area contributed by atoms with Crippen molar-refractivity contribution in [2.45, 2.75) is 168 Å². The van der Waals surface area contributed by atoms with E-state index in [9.17, 15) is 38.4 Å². The van der Waals surface area contributed by atoms with Crippen LogP contribution in [0.25, 0.3) is 0 Å². The lowest BCUT2D eigenvalue weighted by atomic mass is 9.89. The second kappa shape index (κ2) is 33.6. The van der Waals surface area contributed by atoms with E-state index in [0.29, 0.717) is 49.9 Å². The number of amides is 9. The number of carbonyl (C=O) groups is 8. The molecule has 0 bridgehead atoms. The van der Waals surface area contributed by atoms with Gasteiger partial charge in [-0.2, -0.15) is 0 Å². The SMILES string of the molecule is CC[C@H](C)[C@@H](C(CC(=O)N1CCC[C@H]1[C@H](OC)C(C)C(=O)N[C@@H](Cc1ccccc1)c1nccs1)OC)N(C)C(=O)[C@@H](NC(=O)[C@H](C(C)C)N(C)C(=O)OCc1ccc(NC(=O)[C@H](CCCNC(N)=O)NC(=O)[C@@H](N)C(C)C)cc1)C(C)C. The largest absolute Gasteiger partial charge is 0.445 e. The fourth-order valence-electron chi connectivity index (χ4n) is 10.6. The van der Waals surface area contributed by atoms with Gasteiger partial charge in [0.15, 0.2) is 0 Å². The average molecular weight is 1180 g/mol. The summed E-state index contributed by atoms with van der Waals surface area (Å²) in [6.07, 6.45) is 2.60. The molecule has 4 rings (SSSR count). The van der Waals surface area contributed by atoms with E-state index in [0.717, 1.165) is 10.6 Å². The van der Waals surface area contributed by atoms with Crippen LogP contribution in [0.3, 0.4) is 0 Å². The predicted octanol–water partition coefficient (Wildman–Crippen LogP) is 5.75. The number of benzene rings is 2. The van der Waals surface area contributed by atoms with Crippen molar-refractivity contribution in [3.05, 3.63) is 82.3 Å². The molecule has 1 fully saturated rings. The number of anilines is 1. The Morgan fingerprint density at radius 3 is 2.04 bits per heavy atom. The zero-order chi connectivity index (χ0) is 61.7. The number of methoxy groups -OCH3 is 2. The molecule has 1 aliphatic heterocycles. The molecular formula is C60H93N11O11S. The van der Waals surface area contributed by atoms with Gasteiger partial charge in [-0.15, -0.1) is 11.3 Å². The number of primary amides is 1. The lowest BCUT2D eigenvalue weighted by Gasteiger charge is -2.41. The van der Waals surface area contributed by atoms with Crippen LogP contribution in [0.15, 0.2) is 66.2 Å². The van der Waals surface area contributed by atoms with Crippen molar-refractivity contribution in [3.63, 3.8) is 0 Å². The van der Waals surface area contributed by atoms with Gasteiger partial charge in [0.2, 0.25) is 35.4 Å². The maximum Gasteiger partial charge on any atom is 0.410 e. The van der Waals surface area contributed by atoms with Crippen LogP contribution >= 0.6 is 11.3 Å². The first-order valence-electron chi connectivity index (χ1n) is 28.9. The van der Waals surface area contributed by atoms with Crippen molar-refractivity contribution in [1.82, 2.24) is 41.0 Å². The van der Waals surface area contributed by atoms with Crippen LogP contribution in [0.1, 0.15) is 123 Å². The van der Waals surface area contributed by atoms with E-state index in [2.05, 4.69) is 31.6 Å². The number of nitrogens with zero attached hydrogens (tertiary/aromatic N) is 4. The van der Waals surface area contributed by atoms with Gasteiger partial charge in [-0.3, -0.25) is 33.7 Å². The number of aromatic nitrogens is 1. The van der Waals surface area contributed by atoms with E-state index < -0.39 is 102 Å². The molecule has 23 heteroatoms. The van der Waals surface area contributed by atoms with Crippen LogP contribution in [0.4, 0.5) is 15.3 Å². The van der Waals surface area contributed by atoms with Crippen molar-refractivity contribution in [2.24, 2.45) is 41.1 Å². The van der Waals surface area contributed by atoms with Crippen LogP contribution < -0.4 is 38.1 Å². The Morgan fingerprint density at radius 2 is 1.47 bits per heavy atom. The van der Waals surface area contributed by atoms with Crippen LogP contribution in [0, 0.1) is 29.6 Å². The van der Waals surface area contributed by atoms with E-state index in [1.165, 1.54) is 30.4 Å². The molecule has 1 saturated heterocycles. The first-order valence-corrected chi connectivity index (χ1v) is 29.8. The molecule has 0 saturated carbocycles. The molecular weight excluding hydrogens is 1080 g/mol. The quantitative estimate of drug-likeness (QED) is 0.0367. The average Bonchev–Trinajstić information content (AvgIpc) is 4.39. The minimum atomic E-state index is -1.05. The lowest BCUT2D eigenvalue weighted by Crippen LogP contribution is -2.60. The molecule has 0 spiro atoms. The number of thiazole rings is 1. The Labute approximate surface area is 494 Å². The summed E-state index contributed by atoms with van der Waals surface area (Å²) < 4.78 is 17.9. The van der Waals surface area contributed by atoms with Gasteiger partial charge in [0, 0.05) is 58.7 Å². The molecule has 9 amide bonds. The molecule has 22 nitrogen and oxygen atoms in total. The lowest BCUT2D eigenvalue weighted by molar-refractivity contribution is -0.148. The number of likely N-dealkylation sites (N-methyl/N-ethyl adjacent to an activating group) is 2. The second-order valence-corrected chi connectivity index (χ2v) is 23.7. The predicted molar refractivity (Wildman–Crippen MR) is 319 cm³/mol. The number of urea groups is 1. The van der Waals surface area contributed by atoms with Gasteiger partial charge in [-0.05, 0) is 79.0 Å². The Balaban J connectivity index is 1.41.